The average molecular weight is 179 g/mol. The van der Waals surface area contributed by atoms with Gasteiger partial charge in [0.25, 0.3) is 0 Å². The molecule has 1 heterocycles. The number of carboxylic acids is 1. The molecular weight excluding hydrogens is 174 g/mol. The second-order valence-electron chi connectivity index (χ2n) is 1.97. The highest BCUT2D eigenvalue weighted by Crippen LogP contribution is 2.17. The summed E-state index contributed by atoms with van der Waals surface area (Å²) in [6.07, 6.45) is 2.74. The summed E-state index contributed by atoms with van der Waals surface area (Å²) in [6.45, 7) is 0. The van der Waals surface area contributed by atoms with Gasteiger partial charge in [-0.05, 0) is 17.5 Å². The van der Waals surface area contributed by atoms with Crippen molar-refractivity contribution in [1.29, 1.82) is 5.26 Å². The number of nitrogens with zero attached hydrogens (tertiary/aromatic N) is 1. The SMILES string of the molecule is N#C/C=C/c1ccsc1C(=O)O. The van der Waals surface area contributed by atoms with Crippen LogP contribution >= 0.6 is 11.3 Å². The van der Waals surface area contributed by atoms with Crippen LogP contribution in [0.15, 0.2) is 17.5 Å². The van der Waals surface area contributed by atoms with Crippen molar-refractivity contribution in [2.24, 2.45) is 0 Å². The molecule has 0 saturated heterocycles. The summed E-state index contributed by atoms with van der Waals surface area (Å²) < 4.78 is 0. The molecule has 0 amide bonds. The van der Waals surface area contributed by atoms with Crippen LogP contribution in [0.1, 0.15) is 15.2 Å². The van der Waals surface area contributed by atoms with Gasteiger partial charge in [-0.2, -0.15) is 5.26 Å². The molecule has 0 unspecified atom stereocenters. The van der Waals surface area contributed by atoms with Crippen molar-refractivity contribution in [2.45, 2.75) is 0 Å². The number of carboxylic acid groups (broad SMARTS) is 1. The Morgan fingerprint density at radius 3 is 3.08 bits per heavy atom. The molecular formula is C8H5NO2S. The number of nitriles is 1. The summed E-state index contributed by atoms with van der Waals surface area (Å²) in [5.41, 5.74) is 0.578. The van der Waals surface area contributed by atoms with Crippen molar-refractivity contribution in [1.82, 2.24) is 0 Å². The van der Waals surface area contributed by atoms with E-state index in [2.05, 4.69) is 0 Å². The molecule has 0 atom stereocenters. The van der Waals surface area contributed by atoms with Crippen LogP contribution in [0.3, 0.4) is 0 Å². The first-order valence-electron chi connectivity index (χ1n) is 3.12. The van der Waals surface area contributed by atoms with Gasteiger partial charge in [-0.15, -0.1) is 11.3 Å². The highest BCUT2D eigenvalue weighted by atomic mass is 32.1. The first-order valence-corrected chi connectivity index (χ1v) is 4.00. The fourth-order valence-corrected chi connectivity index (χ4v) is 1.47. The van der Waals surface area contributed by atoms with Gasteiger partial charge in [0.2, 0.25) is 0 Å². The first kappa shape index (κ1) is 8.50. The summed E-state index contributed by atoms with van der Waals surface area (Å²) in [4.78, 5) is 10.8. The quantitative estimate of drug-likeness (QED) is 0.706. The van der Waals surface area contributed by atoms with Gasteiger partial charge < -0.3 is 5.11 Å². The molecule has 0 aliphatic heterocycles. The van der Waals surface area contributed by atoms with Crippen LogP contribution in [-0.4, -0.2) is 11.1 Å². The van der Waals surface area contributed by atoms with E-state index in [9.17, 15) is 4.79 Å². The molecule has 4 heteroatoms. The van der Waals surface area contributed by atoms with Gasteiger partial charge in [-0.25, -0.2) is 4.79 Å². The van der Waals surface area contributed by atoms with Crippen LogP contribution in [-0.2, 0) is 0 Å². The highest BCUT2D eigenvalue weighted by molar-refractivity contribution is 7.12. The van der Waals surface area contributed by atoms with Crippen LogP contribution in [0.2, 0.25) is 0 Å². The third-order valence-corrected chi connectivity index (χ3v) is 2.15. The Balaban J connectivity index is 3.01. The summed E-state index contributed by atoms with van der Waals surface area (Å²) in [6, 6.07) is 3.47. The molecule has 60 valence electrons. The van der Waals surface area contributed by atoms with Gasteiger partial charge in [0.1, 0.15) is 4.88 Å². The van der Waals surface area contributed by atoms with Crippen molar-refractivity contribution in [3.63, 3.8) is 0 Å². The van der Waals surface area contributed by atoms with Gasteiger partial charge in [-0.3, -0.25) is 0 Å². The normalized spacial score (nSPS) is 9.92. The second-order valence-corrected chi connectivity index (χ2v) is 2.89. The van der Waals surface area contributed by atoms with E-state index in [0.29, 0.717) is 5.56 Å². The lowest BCUT2D eigenvalue weighted by atomic mass is 10.2. The summed E-state index contributed by atoms with van der Waals surface area (Å²) >= 11 is 1.15. The molecule has 0 spiro atoms. The van der Waals surface area contributed by atoms with Crippen molar-refractivity contribution in [2.75, 3.05) is 0 Å². The van der Waals surface area contributed by atoms with E-state index in [1.807, 2.05) is 0 Å². The number of hydrogen-bond acceptors (Lipinski definition) is 3. The molecule has 0 aromatic carbocycles. The Kier molecular flexibility index (Phi) is 2.62. The molecule has 0 fully saturated rings. The highest BCUT2D eigenvalue weighted by Gasteiger charge is 2.08. The van der Waals surface area contributed by atoms with E-state index in [4.69, 9.17) is 10.4 Å². The number of aromatic carboxylic acids is 1. The molecule has 3 nitrogen and oxygen atoms in total. The Labute approximate surface area is 73.2 Å². The lowest BCUT2D eigenvalue weighted by Gasteiger charge is -1.88. The predicted molar refractivity (Wildman–Crippen MR) is 45.9 cm³/mol. The zero-order chi connectivity index (χ0) is 8.97. The molecule has 0 bridgehead atoms. The average Bonchev–Trinajstić information content (AvgIpc) is 2.48. The Bertz CT molecular complexity index is 359. The Morgan fingerprint density at radius 1 is 1.75 bits per heavy atom. The van der Waals surface area contributed by atoms with Crippen LogP contribution in [0.25, 0.3) is 6.08 Å². The van der Waals surface area contributed by atoms with Gasteiger partial charge in [-0.1, -0.05) is 0 Å². The zero-order valence-corrected chi connectivity index (χ0v) is 6.84. The third kappa shape index (κ3) is 1.71. The largest absolute Gasteiger partial charge is 0.477 e. The molecule has 1 rings (SSSR count). The van der Waals surface area contributed by atoms with Gasteiger partial charge in [0.15, 0.2) is 0 Å². The maximum Gasteiger partial charge on any atom is 0.346 e. The van der Waals surface area contributed by atoms with E-state index in [1.165, 1.54) is 12.2 Å². The third-order valence-electron chi connectivity index (χ3n) is 1.23. The topological polar surface area (TPSA) is 61.1 Å². The molecule has 1 aromatic rings. The Hall–Kier alpha value is -1.60. The van der Waals surface area contributed by atoms with Crippen LogP contribution < -0.4 is 0 Å². The van der Waals surface area contributed by atoms with Crippen molar-refractivity contribution in [3.05, 3.63) is 28.0 Å². The minimum Gasteiger partial charge on any atom is -0.477 e. The van der Waals surface area contributed by atoms with Gasteiger partial charge in [0, 0.05) is 11.6 Å². The molecule has 0 radical (unpaired) electrons. The molecule has 0 aliphatic carbocycles. The van der Waals surface area contributed by atoms with E-state index >= 15 is 0 Å². The standard InChI is InChI=1S/C8H5NO2S/c9-4-1-2-6-3-5-12-7(6)8(10)11/h1-3,5H,(H,10,11)/b2-1+. The van der Waals surface area contributed by atoms with Gasteiger partial charge >= 0.3 is 5.97 Å². The zero-order valence-electron chi connectivity index (χ0n) is 6.02. The predicted octanol–water partition coefficient (Wildman–Crippen LogP) is 1.98. The molecule has 0 saturated carbocycles. The van der Waals surface area contributed by atoms with Crippen molar-refractivity contribution >= 4 is 23.4 Å². The second kappa shape index (κ2) is 3.69. The fraction of sp³-hybridized carbons (Fsp3) is 0. The summed E-state index contributed by atoms with van der Waals surface area (Å²) in [5, 5.41) is 18.5. The first-order chi connectivity index (χ1) is 5.75. The Morgan fingerprint density at radius 2 is 2.50 bits per heavy atom. The minimum absolute atomic E-state index is 0.265. The molecule has 1 N–H and O–H groups in total. The van der Waals surface area contributed by atoms with E-state index in [0.717, 1.165) is 11.3 Å². The van der Waals surface area contributed by atoms with E-state index in [-0.39, 0.29) is 4.88 Å². The maximum atomic E-state index is 10.5. The number of carbonyl (C=O) groups is 1. The molecule has 12 heavy (non-hydrogen) atoms. The number of thiophene rings is 1. The molecule has 1 aromatic heterocycles. The number of rotatable bonds is 2. The lowest BCUT2D eigenvalue weighted by Crippen LogP contribution is -1.93. The maximum absolute atomic E-state index is 10.5. The minimum atomic E-state index is -0.956. The van der Waals surface area contributed by atoms with E-state index < -0.39 is 5.97 Å². The van der Waals surface area contributed by atoms with Crippen LogP contribution in [0, 0.1) is 11.3 Å². The fourth-order valence-electron chi connectivity index (χ4n) is 0.751. The molecule has 0 aliphatic rings. The van der Waals surface area contributed by atoms with E-state index in [1.54, 1.807) is 17.5 Å². The van der Waals surface area contributed by atoms with Crippen LogP contribution in [0.4, 0.5) is 0 Å². The number of allylic oxidation sites excluding steroid dienone is 1. The monoisotopic (exact) mass is 179 g/mol. The summed E-state index contributed by atoms with van der Waals surface area (Å²) in [5.74, 6) is -0.956. The van der Waals surface area contributed by atoms with Crippen molar-refractivity contribution in [3.8, 4) is 6.07 Å². The lowest BCUT2D eigenvalue weighted by molar-refractivity contribution is 0.0702. The van der Waals surface area contributed by atoms with Crippen molar-refractivity contribution < 1.29 is 9.90 Å². The summed E-state index contributed by atoms with van der Waals surface area (Å²) in [7, 11) is 0. The number of hydrogen-bond donors (Lipinski definition) is 1. The van der Waals surface area contributed by atoms with Crippen LogP contribution in [0.5, 0.6) is 0 Å². The van der Waals surface area contributed by atoms with Gasteiger partial charge in [0.05, 0.1) is 6.07 Å². The smallest absolute Gasteiger partial charge is 0.346 e.